The number of carboxylic acid groups (broad SMARTS) is 1. The third-order valence-electron chi connectivity index (χ3n) is 3.58. The highest BCUT2D eigenvalue weighted by Crippen LogP contribution is 2.40. The van der Waals surface area contributed by atoms with E-state index in [-0.39, 0.29) is 28.1 Å². The van der Waals surface area contributed by atoms with Gasteiger partial charge in [-0.2, -0.15) is 0 Å². The van der Waals surface area contributed by atoms with Gasteiger partial charge in [0, 0.05) is 31.6 Å². The molecule has 1 aromatic carbocycles. The highest BCUT2D eigenvalue weighted by Gasteiger charge is 2.27. The molecule has 0 amide bonds. The standard InChI is InChI=1S/C13H14Cl2N2O4/c14-10-5-9(17(20)21)6-11(15)13(10)16-4-3-8(7-16)1-2-12(18)19/h5-6,8H,1-4,7H2,(H,18,19). The van der Waals surface area contributed by atoms with Gasteiger partial charge in [-0.25, -0.2) is 0 Å². The molecule has 1 aliphatic rings. The van der Waals surface area contributed by atoms with Gasteiger partial charge in [-0.1, -0.05) is 23.2 Å². The molecule has 1 unspecified atom stereocenters. The summed E-state index contributed by atoms with van der Waals surface area (Å²) in [4.78, 5) is 22.8. The molecule has 114 valence electrons. The molecule has 1 N–H and O–H groups in total. The summed E-state index contributed by atoms with van der Waals surface area (Å²) in [5.41, 5.74) is 0.442. The van der Waals surface area contributed by atoms with Gasteiger partial charge in [-0.15, -0.1) is 0 Å². The molecule has 1 heterocycles. The van der Waals surface area contributed by atoms with Gasteiger partial charge in [0.25, 0.3) is 5.69 Å². The lowest BCUT2D eigenvalue weighted by Gasteiger charge is -2.21. The number of halogens is 2. The van der Waals surface area contributed by atoms with Crippen LogP contribution in [-0.4, -0.2) is 29.1 Å². The van der Waals surface area contributed by atoms with Crippen LogP contribution in [0.3, 0.4) is 0 Å². The minimum Gasteiger partial charge on any atom is -0.481 e. The maximum atomic E-state index is 10.8. The van der Waals surface area contributed by atoms with Crippen molar-refractivity contribution < 1.29 is 14.8 Å². The molecule has 1 aliphatic heterocycles. The summed E-state index contributed by atoms with van der Waals surface area (Å²) in [5.74, 6) is -0.539. The smallest absolute Gasteiger partial charge is 0.303 e. The Morgan fingerprint density at radius 3 is 2.57 bits per heavy atom. The quantitative estimate of drug-likeness (QED) is 0.657. The Morgan fingerprint density at radius 2 is 2.05 bits per heavy atom. The van der Waals surface area contributed by atoms with Crippen LogP contribution in [0.1, 0.15) is 19.3 Å². The first kappa shape index (κ1) is 15.9. The zero-order chi connectivity index (χ0) is 15.6. The van der Waals surface area contributed by atoms with E-state index in [1.165, 1.54) is 12.1 Å². The van der Waals surface area contributed by atoms with Crippen LogP contribution >= 0.6 is 23.2 Å². The third kappa shape index (κ3) is 3.77. The first-order chi connectivity index (χ1) is 9.88. The van der Waals surface area contributed by atoms with Crippen LogP contribution in [0.15, 0.2) is 12.1 Å². The van der Waals surface area contributed by atoms with E-state index in [0.29, 0.717) is 25.2 Å². The van der Waals surface area contributed by atoms with Gasteiger partial charge in [0.05, 0.1) is 20.7 Å². The molecular weight excluding hydrogens is 319 g/mol. The number of carbonyl (C=O) groups is 1. The molecule has 0 bridgehead atoms. The molecule has 1 aromatic rings. The van der Waals surface area contributed by atoms with Crippen molar-refractivity contribution in [1.82, 2.24) is 0 Å². The number of nitro benzene ring substituents is 1. The number of rotatable bonds is 5. The number of hydrogen-bond donors (Lipinski definition) is 1. The molecule has 1 atom stereocenters. The van der Waals surface area contributed by atoms with Crippen molar-refractivity contribution in [2.24, 2.45) is 5.92 Å². The highest BCUT2D eigenvalue weighted by atomic mass is 35.5. The van der Waals surface area contributed by atoms with E-state index in [4.69, 9.17) is 28.3 Å². The Labute approximate surface area is 131 Å². The molecule has 0 aromatic heterocycles. The van der Waals surface area contributed by atoms with Crippen molar-refractivity contribution in [2.45, 2.75) is 19.3 Å². The van der Waals surface area contributed by atoms with E-state index in [9.17, 15) is 14.9 Å². The molecule has 1 saturated heterocycles. The summed E-state index contributed by atoms with van der Waals surface area (Å²) < 4.78 is 0. The Hall–Kier alpha value is -1.53. The van der Waals surface area contributed by atoms with Gasteiger partial charge in [-0.3, -0.25) is 14.9 Å². The van der Waals surface area contributed by atoms with Gasteiger partial charge in [0.15, 0.2) is 0 Å². The molecule has 0 saturated carbocycles. The minimum atomic E-state index is -0.806. The Bertz CT molecular complexity index is 556. The number of aliphatic carboxylic acids is 1. The maximum absolute atomic E-state index is 10.8. The molecule has 2 rings (SSSR count). The molecule has 0 spiro atoms. The fourth-order valence-corrected chi connectivity index (χ4v) is 3.27. The summed E-state index contributed by atoms with van der Waals surface area (Å²) in [6.07, 6.45) is 1.60. The highest BCUT2D eigenvalue weighted by molar-refractivity contribution is 6.39. The van der Waals surface area contributed by atoms with Crippen molar-refractivity contribution in [1.29, 1.82) is 0 Å². The number of nitrogens with zero attached hydrogens (tertiary/aromatic N) is 2. The molecule has 21 heavy (non-hydrogen) atoms. The molecule has 0 aliphatic carbocycles. The van der Waals surface area contributed by atoms with Gasteiger partial charge in [0.1, 0.15) is 0 Å². The number of carboxylic acids is 1. The lowest BCUT2D eigenvalue weighted by atomic mass is 10.0. The number of benzene rings is 1. The van der Waals surface area contributed by atoms with Crippen LogP contribution < -0.4 is 4.90 Å². The van der Waals surface area contributed by atoms with Crippen molar-refractivity contribution >= 4 is 40.5 Å². The van der Waals surface area contributed by atoms with Crippen molar-refractivity contribution in [2.75, 3.05) is 18.0 Å². The first-order valence-corrected chi connectivity index (χ1v) is 7.24. The largest absolute Gasteiger partial charge is 0.481 e. The van der Waals surface area contributed by atoms with Crippen molar-refractivity contribution in [3.05, 3.63) is 32.3 Å². The Balaban J connectivity index is 2.13. The fraction of sp³-hybridized carbons (Fsp3) is 0.462. The van der Waals surface area contributed by atoms with Crippen LogP contribution in [-0.2, 0) is 4.79 Å². The van der Waals surface area contributed by atoms with Crippen molar-refractivity contribution in [3.8, 4) is 0 Å². The third-order valence-corrected chi connectivity index (χ3v) is 4.16. The monoisotopic (exact) mass is 332 g/mol. The van der Waals surface area contributed by atoms with E-state index >= 15 is 0 Å². The number of hydrogen-bond acceptors (Lipinski definition) is 4. The van der Waals surface area contributed by atoms with Crippen LogP contribution in [0.2, 0.25) is 10.0 Å². The topological polar surface area (TPSA) is 83.7 Å². The summed E-state index contributed by atoms with van der Waals surface area (Å²) in [7, 11) is 0. The Kier molecular flexibility index (Phi) is 4.90. The predicted molar refractivity (Wildman–Crippen MR) is 80.3 cm³/mol. The number of non-ortho nitro benzene ring substituents is 1. The van der Waals surface area contributed by atoms with Crippen molar-refractivity contribution in [3.63, 3.8) is 0 Å². The zero-order valence-corrected chi connectivity index (χ0v) is 12.6. The molecular formula is C13H14Cl2N2O4. The van der Waals surface area contributed by atoms with Gasteiger partial charge >= 0.3 is 5.97 Å². The molecule has 6 nitrogen and oxygen atoms in total. The van der Waals surface area contributed by atoms with Crippen LogP contribution in [0.5, 0.6) is 0 Å². The second kappa shape index (κ2) is 6.49. The fourth-order valence-electron chi connectivity index (χ4n) is 2.56. The predicted octanol–water partition coefficient (Wildman–Crippen LogP) is 3.59. The summed E-state index contributed by atoms with van der Waals surface area (Å²) in [5, 5.41) is 20.0. The van der Waals surface area contributed by atoms with E-state index < -0.39 is 10.9 Å². The molecule has 1 fully saturated rings. The van der Waals surface area contributed by atoms with E-state index in [2.05, 4.69) is 0 Å². The maximum Gasteiger partial charge on any atom is 0.303 e. The lowest BCUT2D eigenvalue weighted by Crippen LogP contribution is -2.20. The lowest BCUT2D eigenvalue weighted by molar-refractivity contribution is -0.384. The van der Waals surface area contributed by atoms with Gasteiger partial charge in [0.2, 0.25) is 0 Å². The second-order valence-electron chi connectivity index (χ2n) is 5.05. The van der Waals surface area contributed by atoms with E-state index in [0.717, 1.165) is 6.42 Å². The zero-order valence-electron chi connectivity index (χ0n) is 11.1. The summed E-state index contributed by atoms with van der Waals surface area (Å²) in [6, 6.07) is 2.57. The minimum absolute atomic E-state index is 0.139. The molecule has 8 heteroatoms. The summed E-state index contributed by atoms with van der Waals surface area (Å²) >= 11 is 12.2. The van der Waals surface area contributed by atoms with Gasteiger partial charge < -0.3 is 10.0 Å². The van der Waals surface area contributed by atoms with E-state index in [1.54, 1.807) is 0 Å². The first-order valence-electron chi connectivity index (χ1n) is 6.48. The van der Waals surface area contributed by atoms with Crippen LogP contribution in [0, 0.1) is 16.0 Å². The van der Waals surface area contributed by atoms with Crippen LogP contribution in [0.4, 0.5) is 11.4 Å². The van der Waals surface area contributed by atoms with Gasteiger partial charge in [-0.05, 0) is 18.8 Å². The molecule has 0 radical (unpaired) electrons. The second-order valence-corrected chi connectivity index (χ2v) is 5.86. The number of nitro groups is 1. The van der Waals surface area contributed by atoms with Crippen LogP contribution in [0.25, 0.3) is 0 Å². The number of anilines is 1. The average Bonchev–Trinajstić information content (AvgIpc) is 2.84. The average molecular weight is 333 g/mol. The van der Waals surface area contributed by atoms with E-state index in [1.807, 2.05) is 4.90 Å². The normalized spacial score (nSPS) is 18.0. The Morgan fingerprint density at radius 1 is 1.43 bits per heavy atom. The summed E-state index contributed by atoms with van der Waals surface area (Å²) in [6.45, 7) is 1.37. The SMILES string of the molecule is O=C(O)CCC1CCN(c2c(Cl)cc([N+](=O)[O-])cc2Cl)C1.